The predicted molar refractivity (Wildman–Crippen MR) is 85.2 cm³/mol. The van der Waals surface area contributed by atoms with Gasteiger partial charge in [-0.3, -0.25) is 9.78 Å². The van der Waals surface area contributed by atoms with Crippen molar-refractivity contribution in [3.8, 4) is 0 Å². The fourth-order valence-corrected chi connectivity index (χ4v) is 3.03. The fraction of sp³-hybridized carbons (Fsp3) is 0.625. The van der Waals surface area contributed by atoms with Gasteiger partial charge in [0.15, 0.2) is 0 Å². The quantitative estimate of drug-likeness (QED) is 0.748. The molecule has 0 saturated heterocycles. The Balaban J connectivity index is 1.93. The number of hydrogen-bond acceptors (Lipinski definition) is 4. The van der Waals surface area contributed by atoms with E-state index in [4.69, 9.17) is 5.73 Å². The van der Waals surface area contributed by atoms with Crippen molar-refractivity contribution in [3.63, 3.8) is 0 Å². The van der Waals surface area contributed by atoms with E-state index in [2.05, 4.69) is 15.6 Å². The van der Waals surface area contributed by atoms with E-state index >= 15 is 0 Å². The van der Waals surface area contributed by atoms with Gasteiger partial charge in [0, 0.05) is 25.0 Å². The number of hydrogen-bond donors (Lipinski definition) is 3. The number of carbonyl (C=O) groups excluding carboxylic acids is 1. The Kier molecular flexibility index (Phi) is 5.99. The first-order chi connectivity index (χ1) is 10.2. The lowest BCUT2D eigenvalue weighted by Gasteiger charge is -2.31. The van der Waals surface area contributed by atoms with Gasteiger partial charge in [-0.05, 0) is 50.3 Å². The standard InChI is InChI=1S/C16H26N4O/c1-2-18-16(21)15-9-14(7-8-19-15)20-11-13-6-4-3-5-12(13)10-17/h7-9,12-13H,2-6,10-11,17H2,1H3,(H,18,21)(H,19,20). The third kappa shape index (κ3) is 4.43. The Labute approximate surface area is 126 Å². The second-order valence-electron chi connectivity index (χ2n) is 5.71. The summed E-state index contributed by atoms with van der Waals surface area (Å²) in [6, 6.07) is 3.72. The maximum atomic E-state index is 11.8. The molecule has 1 heterocycles. The van der Waals surface area contributed by atoms with Crippen LogP contribution in [0.5, 0.6) is 0 Å². The summed E-state index contributed by atoms with van der Waals surface area (Å²) in [6.07, 6.45) is 6.75. The third-order valence-corrected chi connectivity index (χ3v) is 4.27. The summed E-state index contributed by atoms with van der Waals surface area (Å²) in [7, 11) is 0. The molecule has 2 unspecified atom stereocenters. The summed E-state index contributed by atoms with van der Waals surface area (Å²) in [5.74, 6) is 1.12. The van der Waals surface area contributed by atoms with Gasteiger partial charge in [0.05, 0.1) is 0 Å². The van der Waals surface area contributed by atoms with E-state index < -0.39 is 0 Å². The van der Waals surface area contributed by atoms with Crippen molar-refractivity contribution in [1.82, 2.24) is 10.3 Å². The first kappa shape index (κ1) is 15.8. The normalized spacial score (nSPS) is 21.8. The van der Waals surface area contributed by atoms with Crippen LogP contribution in [0.4, 0.5) is 5.69 Å². The van der Waals surface area contributed by atoms with Crippen LogP contribution in [0.2, 0.25) is 0 Å². The zero-order chi connectivity index (χ0) is 15.1. The average molecular weight is 290 g/mol. The molecule has 1 fully saturated rings. The van der Waals surface area contributed by atoms with Gasteiger partial charge < -0.3 is 16.4 Å². The van der Waals surface area contributed by atoms with Crippen LogP contribution in [0, 0.1) is 11.8 Å². The van der Waals surface area contributed by atoms with Gasteiger partial charge in [-0.1, -0.05) is 12.8 Å². The van der Waals surface area contributed by atoms with Crippen LogP contribution in [0.15, 0.2) is 18.3 Å². The van der Waals surface area contributed by atoms with Crippen molar-refractivity contribution < 1.29 is 4.79 Å². The van der Waals surface area contributed by atoms with Gasteiger partial charge in [0.1, 0.15) is 5.69 Å². The highest BCUT2D eigenvalue weighted by Gasteiger charge is 2.23. The molecule has 0 aliphatic heterocycles. The van der Waals surface area contributed by atoms with Crippen LogP contribution in [0.25, 0.3) is 0 Å². The number of anilines is 1. The molecule has 5 nitrogen and oxygen atoms in total. The number of aromatic nitrogens is 1. The largest absolute Gasteiger partial charge is 0.385 e. The Morgan fingerprint density at radius 3 is 2.86 bits per heavy atom. The monoisotopic (exact) mass is 290 g/mol. The van der Waals surface area contributed by atoms with Gasteiger partial charge in [0.2, 0.25) is 0 Å². The molecule has 0 spiro atoms. The zero-order valence-electron chi connectivity index (χ0n) is 12.8. The van der Waals surface area contributed by atoms with Crippen molar-refractivity contribution in [3.05, 3.63) is 24.0 Å². The molecule has 0 aromatic carbocycles. The molecule has 4 N–H and O–H groups in total. The third-order valence-electron chi connectivity index (χ3n) is 4.27. The van der Waals surface area contributed by atoms with Gasteiger partial charge >= 0.3 is 0 Å². The summed E-state index contributed by atoms with van der Waals surface area (Å²) in [5, 5.41) is 6.21. The number of rotatable bonds is 6. The smallest absolute Gasteiger partial charge is 0.269 e. The highest BCUT2D eigenvalue weighted by molar-refractivity contribution is 5.93. The Morgan fingerprint density at radius 1 is 1.38 bits per heavy atom. The molecule has 2 atom stereocenters. The van der Waals surface area contributed by atoms with Crippen molar-refractivity contribution >= 4 is 11.6 Å². The molecule has 5 heteroatoms. The van der Waals surface area contributed by atoms with Crippen LogP contribution in [0.1, 0.15) is 43.1 Å². The topological polar surface area (TPSA) is 80.0 Å². The van der Waals surface area contributed by atoms with Crippen molar-refractivity contribution in [2.45, 2.75) is 32.6 Å². The number of nitrogens with zero attached hydrogens (tertiary/aromatic N) is 1. The first-order valence-corrected chi connectivity index (χ1v) is 7.92. The summed E-state index contributed by atoms with van der Waals surface area (Å²) in [5.41, 5.74) is 7.28. The molecular weight excluding hydrogens is 264 g/mol. The molecule has 0 radical (unpaired) electrons. The molecule has 116 valence electrons. The zero-order valence-corrected chi connectivity index (χ0v) is 12.8. The fourth-order valence-electron chi connectivity index (χ4n) is 3.03. The van der Waals surface area contributed by atoms with E-state index in [-0.39, 0.29) is 5.91 Å². The Bertz CT molecular complexity index is 463. The lowest BCUT2D eigenvalue weighted by Crippen LogP contribution is -2.31. The highest BCUT2D eigenvalue weighted by Crippen LogP contribution is 2.29. The lowest BCUT2D eigenvalue weighted by molar-refractivity contribution is 0.0951. The first-order valence-electron chi connectivity index (χ1n) is 7.92. The van der Waals surface area contributed by atoms with Crippen LogP contribution in [-0.2, 0) is 0 Å². The Hall–Kier alpha value is -1.62. The van der Waals surface area contributed by atoms with E-state index in [1.165, 1.54) is 25.7 Å². The van der Waals surface area contributed by atoms with Gasteiger partial charge in [-0.25, -0.2) is 0 Å². The molecule has 21 heavy (non-hydrogen) atoms. The molecule has 1 aromatic heterocycles. The molecule has 1 aliphatic carbocycles. The molecule has 1 aliphatic rings. The van der Waals surface area contributed by atoms with E-state index in [0.717, 1.165) is 18.8 Å². The molecule has 1 saturated carbocycles. The van der Waals surface area contributed by atoms with Crippen LogP contribution in [-0.4, -0.2) is 30.5 Å². The average Bonchev–Trinajstić information content (AvgIpc) is 2.53. The second-order valence-corrected chi connectivity index (χ2v) is 5.71. The number of pyridine rings is 1. The highest BCUT2D eigenvalue weighted by atomic mass is 16.1. The van der Waals surface area contributed by atoms with E-state index in [1.807, 2.05) is 19.1 Å². The summed E-state index contributed by atoms with van der Waals surface area (Å²) in [4.78, 5) is 15.9. The predicted octanol–water partition coefficient (Wildman–Crippen LogP) is 2.01. The number of nitrogens with one attached hydrogen (secondary N) is 2. The summed E-state index contributed by atoms with van der Waals surface area (Å²) in [6.45, 7) is 4.20. The van der Waals surface area contributed by atoms with Crippen molar-refractivity contribution in [1.29, 1.82) is 0 Å². The van der Waals surface area contributed by atoms with Gasteiger partial charge in [-0.2, -0.15) is 0 Å². The van der Waals surface area contributed by atoms with E-state index in [0.29, 0.717) is 24.1 Å². The van der Waals surface area contributed by atoms with Crippen LogP contribution >= 0.6 is 0 Å². The number of carbonyl (C=O) groups is 1. The van der Waals surface area contributed by atoms with Gasteiger partial charge in [0.25, 0.3) is 5.91 Å². The molecule has 2 rings (SSSR count). The molecule has 0 bridgehead atoms. The number of nitrogens with two attached hydrogens (primary N) is 1. The Morgan fingerprint density at radius 2 is 2.14 bits per heavy atom. The maximum Gasteiger partial charge on any atom is 0.269 e. The minimum Gasteiger partial charge on any atom is -0.385 e. The van der Waals surface area contributed by atoms with Crippen LogP contribution in [0.3, 0.4) is 0 Å². The maximum absolute atomic E-state index is 11.8. The van der Waals surface area contributed by atoms with E-state index in [1.54, 1.807) is 6.20 Å². The van der Waals surface area contributed by atoms with E-state index in [9.17, 15) is 4.79 Å². The molecular formula is C16H26N4O. The number of amides is 1. The lowest BCUT2D eigenvalue weighted by atomic mass is 9.79. The summed E-state index contributed by atoms with van der Waals surface area (Å²) < 4.78 is 0. The summed E-state index contributed by atoms with van der Waals surface area (Å²) >= 11 is 0. The van der Waals surface area contributed by atoms with Crippen LogP contribution < -0.4 is 16.4 Å². The SMILES string of the molecule is CCNC(=O)c1cc(NCC2CCCCC2CN)ccn1. The van der Waals surface area contributed by atoms with Gasteiger partial charge in [-0.15, -0.1) is 0 Å². The second kappa shape index (κ2) is 7.98. The molecule has 1 amide bonds. The molecule has 1 aromatic rings. The minimum absolute atomic E-state index is 0.126. The minimum atomic E-state index is -0.126. The van der Waals surface area contributed by atoms with Crippen molar-refractivity contribution in [2.75, 3.05) is 25.0 Å². The van der Waals surface area contributed by atoms with Crippen molar-refractivity contribution in [2.24, 2.45) is 17.6 Å².